The zero-order chi connectivity index (χ0) is 14.0. The lowest BCUT2D eigenvalue weighted by Crippen LogP contribution is -1.97. The number of unbranched alkanes of at least 4 members (excludes halogenated alkanes) is 7. The SMILES string of the molecule is NCCCCCCCCCCc1cccc2n[nH]nc12. The van der Waals surface area contributed by atoms with Crippen molar-refractivity contribution in [3.63, 3.8) is 0 Å². The van der Waals surface area contributed by atoms with Crippen LogP contribution in [0.4, 0.5) is 0 Å². The average molecular weight is 274 g/mol. The van der Waals surface area contributed by atoms with Crippen LogP contribution in [0.3, 0.4) is 0 Å². The number of nitrogens with two attached hydrogens (primary N) is 1. The van der Waals surface area contributed by atoms with E-state index in [0.29, 0.717) is 0 Å². The maximum absolute atomic E-state index is 5.48. The van der Waals surface area contributed by atoms with E-state index < -0.39 is 0 Å². The molecule has 20 heavy (non-hydrogen) atoms. The van der Waals surface area contributed by atoms with Gasteiger partial charge in [-0.25, -0.2) is 0 Å². The molecular weight excluding hydrogens is 248 g/mol. The molecular formula is C16H26N4. The van der Waals surface area contributed by atoms with Crippen molar-refractivity contribution in [3.8, 4) is 0 Å². The van der Waals surface area contributed by atoms with Crippen molar-refractivity contribution in [3.05, 3.63) is 23.8 Å². The fourth-order valence-corrected chi connectivity index (χ4v) is 2.65. The lowest BCUT2D eigenvalue weighted by Gasteiger charge is -2.03. The Labute approximate surface area is 121 Å². The summed E-state index contributed by atoms with van der Waals surface area (Å²) in [6, 6.07) is 6.24. The number of fused-ring (bicyclic) bond motifs is 1. The van der Waals surface area contributed by atoms with E-state index in [4.69, 9.17) is 5.73 Å². The molecule has 4 nitrogen and oxygen atoms in total. The monoisotopic (exact) mass is 274 g/mol. The Kier molecular flexibility index (Phi) is 6.51. The highest BCUT2D eigenvalue weighted by molar-refractivity contribution is 5.77. The predicted molar refractivity (Wildman–Crippen MR) is 83.6 cm³/mol. The third-order valence-corrected chi connectivity index (χ3v) is 3.83. The smallest absolute Gasteiger partial charge is 0.116 e. The second kappa shape index (κ2) is 8.69. The van der Waals surface area contributed by atoms with Crippen molar-refractivity contribution >= 4 is 11.0 Å². The molecule has 0 spiro atoms. The molecule has 1 heterocycles. The number of rotatable bonds is 10. The van der Waals surface area contributed by atoms with Gasteiger partial charge < -0.3 is 5.73 Å². The molecule has 2 rings (SSSR count). The molecule has 0 amide bonds. The number of benzene rings is 1. The predicted octanol–water partition coefficient (Wildman–Crippen LogP) is 3.58. The van der Waals surface area contributed by atoms with Crippen LogP contribution in [0.5, 0.6) is 0 Å². The molecule has 1 aromatic carbocycles. The summed E-state index contributed by atoms with van der Waals surface area (Å²) in [4.78, 5) is 0. The Morgan fingerprint density at radius 2 is 1.55 bits per heavy atom. The Hall–Kier alpha value is -1.42. The van der Waals surface area contributed by atoms with Crippen LogP contribution < -0.4 is 5.73 Å². The maximum Gasteiger partial charge on any atom is 0.116 e. The van der Waals surface area contributed by atoms with Crippen LogP contribution in [-0.2, 0) is 6.42 Å². The summed E-state index contributed by atoms with van der Waals surface area (Å²) in [5, 5.41) is 11.1. The number of nitrogens with one attached hydrogen (secondary N) is 1. The number of aryl methyl sites for hydroxylation is 1. The number of hydrogen-bond acceptors (Lipinski definition) is 3. The van der Waals surface area contributed by atoms with Gasteiger partial charge in [0.2, 0.25) is 0 Å². The van der Waals surface area contributed by atoms with Gasteiger partial charge in [-0.2, -0.15) is 15.4 Å². The van der Waals surface area contributed by atoms with Crippen molar-refractivity contribution < 1.29 is 0 Å². The number of aromatic amines is 1. The summed E-state index contributed by atoms with van der Waals surface area (Å²) >= 11 is 0. The van der Waals surface area contributed by atoms with E-state index in [-0.39, 0.29) is 0 Å². The lowest BCUT2D eigenvalue weighted by atomic mass is 10.0. The van der Waals surface area contributed by atoms with Crippen molar-refractivity contribution in [1.29, 1.82) is 0 Å². The molecule has 2 aromatic rings. The molecule has 0 bridgehead atoms. The lowest BCUT2D eigenvalue weighted by molar-refractivity contribution is 0.570. The van der Waals surface area contributed by atoms with Crippen LogP contribution >= 0.6 is 0 Å². The van der Waals surface area contributed by atoms with Crippen LogP contribution in [-0.4, -0.2) is 22.0 Å². The zero-order valence-electron chi connectivity index (χ0n) is 12.3. The topological polar surface area (TPSA) is 67.6 Å². The molecule has 3 N–H and O–H groups in total. The van der Waals surface area contributed by atoms with Gasteiger partial charge >= 0.3 is 0 Å². The van der Waals surface area contributed by atoms with Gasteiger partial charge in [0.15, 0.2) is 0 Å². The second-order valence-corrected chi connectivity index (χ2v) is 5.48. The molecule has 0 fully saturated rings. The van der Waals surface area contributed by atoms with Gasteiger partial charge in [-0.3, -0.25) is 0 Å². The minimum absolute atomic E-state index is 0.841. The molecule has 0 unspecified atom stereocenters. The minimum atomic E-state index is 0.841. The first kappa shape index (κ1) is 15.0. The standard InChI is InChI=1S/C16H26N4/c17-13-8-6-4-2-1-3-5-7-10-14-11-9-12-15-16(14)19-20-18-15/h9,11-12H,1-8,10,13,17H2,(H,18,19,20). The average Bonchev–Trinajstić information content (AvgIpc) is 2.95. The zero-order valence-corrected chi connectivity index (χ0v) is 12.3. The van der Waals surface area contributed by atoms with Crippen molar-refractivity contribution in [2.24, 2.45) is 5.73 Å². The number of aromatic nitrogens is 3. The van der Waals surface area contributed by atoms with Gasteiger partial charge in [-0.1, -0.05) is 50.7 Å². The molecule has 0 aliphatic carbocycles. The Morgan fingerprint density at radius 3 is 2.30 bits per heavy atom. The van der Waals surface area contributed by atoms with Crippen molar-refractivity contribution in [1.82, 2.24) is 15.4 Å². The molecule has 110 valence electrons. The molecule has 0 aliphatic rings. The highest BCUT2D eigenvalue weighted by Crippen LogP contribution is 2.17. The number of nitrogens with zero attached hydrogens (tertiary/aromatic N) is 2. The van der Waals surface area contributed by atoms with Crippen molar-refractivity contribution in [2.75, 3.05) is 6.54 Å². The molecule has 0 radical (unpaired) electrons. The number of hydrogen-bond donors (Lipinski definition) is 2. The molecule has 4 heteroatoms. The maximum atomic E-state index is 5.48. The fraction of sp³-hybridized carbons (Fsp3) is 0.625. The summed E-state index contributed by atoms with van der Waals surface area (Å²) < 4.78 is 0. The normalized spacial score (nSPS) is 11.2. The quantitative estimate of drug-likeness (QED) is 0.651. The number of H-pyrrole nitrogens is 1. The first-order chi connectivity index (χ1) is 9.92. The Morgan fingerprint density at radius 1 is 0.850 bits per heavy atom. The van der Waals surface area contributed by atoms with E-state index in [2.05, 4.69) is 27.5 Å². The summed E-state index contributed by atoms with van der Waals surface area (Å²) in [6.07, 6.45) is 11.5. The molecule has 0 atom stereocenters. The van der Waals surface area contributed by atoms with Crippen molar-refractivity contribution in [2.45, 2.75) is 57.8 Å². The molecule has 0 saturated heterocycles. The first-order valence-electron chi connectivity index (χ1n) is 7.90. The number of para-hydroxylation sites is 1. The first-order valence-corrected chi connectivity index (χ1v) is 7.90. The largest absolute Gasteiger partial charge is 0.330 e. The highest BCUT2D eigenvalue weighted by atomic mass is 15.3. The van der Waals surface area contributed by atoms with Crippen LogP contribution in [0.25, 0.3) is 11.0 Å². The van der Waals surface area contributed by atoms with Gasteiger partial charge in [-0.15, -0.1) is 0 Å². The minimum Gasteiger partial charge on any atom is -0.330 e. The van der Waals surface area contributed by atoms with Gasteiger partial charge in [0.05, 0.1) is 0 Å². The van der Waals surface area contributed by atoms with Gasteiger partial charge in [0.1, 0.15) is 11.0 Å². The summed E-state index contributed by atoms with van der Waals surface area (Å²) in [5.41, 5.74) is 8.81. The second-order valence-electron chi connectivity index (χ2n) is 5.48. The van der Waals surface area contributed by atoms with E-state index in [1.807, 2.05) is 6.07 Å². The van der Waals surface area contributed by atoms with Crippen LogP contribution in [0.1, 0.15) is 56.9 Å². The molecule has 0 saturated carbocycles. The van der Waals surface area contributed by atoms with E-state index in [0.717, 1.165) is 24.0 Å². The summed E-state index contributed by atoms with van der Waals surface area (Å²) in [7, 11) is 0. The van der Waals surface area contributed by atoms with Gasteiger partial charge in [-0.05, 0) is 37.4 Å². The van der Waals surface area contributed by atoms with E-state index >= 15 is 0 Å². The van der Waals surface area contributed by atoms with E-state index in [1.54, 1.807) is 0 Å². The van der Waals surface area contributed by atoms with Gasteiger partial charge in [0, 0.05) is 0 Å². The third kappa shape index (κ3) is 4.60. The molecule has 1 aromatic heterocycles. The molecule has 0 aliphatic heterocycles. The highest BCUT2D eigenvalue weighted by Gasteiger charge is 2.03. The van der Waals surface area contributed by atoms with Crippen LogP contribution in [0, 0.1) is 0 Å². The van der Waals surface area contributed by atoms with E-state index in [1.165, 1.54) is 56.9 Å². The fourth-order valence-electron chi connectivity index (χ4n) is 2.65. The van der Waals surface area contributed by atoms with Crippen LogP contribution in [0.2, 0.25) is 0 Å². The Bertz CT molecular complexity index is 492. The van der Waals surface area contributed by atoms with Gasteiger partial charge in [0.25, 0.3) is 0 Å². The third-order valence-electron chi connectivity index (χ3n) is 3.83. The van der Waals surface area contributed by atoms with E-state index in [9.17, 15) is 0 Å². The summed E-state index contributed by atoms with van der Waals surface area (Å²) in [5.74, 6) is 0. The van der Waals surface area contributed by atoms with Crippen LogP contribution in [0.15, 0.2) is 18.2 Å². The Balaban J connectivity index is 1.58. The summed E-state index contributed by atoms with van der Waals surface area (Å²) in [6.45, 7) is 0.841.